The molecule has 0 aromatic heterocycles. The Bertz CT molecular complexity index is 265. The average Bonchev–Trinajstić information content (AvgIpc) is 2.27. The van der Waals surface area contributed by atoms with Gasteiger partial charge in [-0.05, 0) is 25.2 Å². The molecule has 0 amide bonds. The van der Waals surface area contributed by atoms with Crippen molar-refractivity contribution in [3.05, 3.63) is 0 Å². The summed E-state index contributed by atoms with van der Waals surface area (Å²) in [6, 6.07) is 0.238. The Morgan fingerprint density at radius 3 is 2.38 bits per heavy atom. The Morgan fingerprint density at radius 2 is 1.94 bits per heavy atom. The second-order valence-electron chi connectivity index (χ2n) is 4.49. The van der Waals surface area contributed by atoms with Crippen molar-refractivity contribution in [3.8, 4) is 0 Å². The number of hydrogen-bond acceptors (Lipinski definition) is 4. The summed E-state index contributed by atoms with van der Waals surface area (Å²) in [5, 5.41) is 0. The third-order valence-corrected chi connectivity index (χ3v) is 4.86. The second kappa shape index (κ2) is 8.03. The summed E-state index contributed by atoms with van der Waals surface area (Å²) >= 11 is 0. The number of hydrazine groups is 1. The molecule has 0 radical (unpaired) electrons. The molecule has 0 spiro atoms. The van der Waals surface area contributed by atoms with E-state index in [9.17, 15) is 8.42 Å². The molecule has 0 saturated heterocycles. The van der Waals surface area contributed by atoms with Gasteiger partial charge in [-0.2, -0.15) is 0 Å². The van der Waals surface area contributed by atoms with Crippen LogP contribution < -0.4 is 11.3 Å². The molecule has 4 nitrogen and oxygen atoms in total. The fourth-order valence-electron chi connectivity index (χ4n) is 1.62. The van der Waals surface area contributed by atoms with Crippen molar-refractivity contribution in [2.24, 2.45) is 11.8 Å². The van der Waals surface area contributed by atoms with Gasteiger partial charge in [-0.15, -0.1) is 0 Å². The first-order valence-corrected chi connectivity index (χ1v) is 7.93. The molecule has 0 saturated carbocycles. The van der Waals surface area contributed by atoms with Gasteiger partial charge in [0.25, 0.3) is 0 Å². The molecule has 3 N–H and O–H groups in total. The first kappa shape index (κ1) is 15.9. The largest absolute Gasteiger partial charge is 0.271 e. The van der Waals surface area contributed by atoms with E-state index >= 15 is 0 Å². The van der Waals surface area contributed by atoms with Gasteiger partial charge in [0, 0.05) is 11.8 Å². The smallest absolute Gasteiger partial charge is 0.150 e. The lowest BCUT2D eigenvalue weighted by atomic mass is 9.97. The summed E-state index contributed by atoms with van der Waals surface area (Å²) in [5.74, 6) is 6.60. The van der Waals surface area contributed by atoms with Gasteiger partial charge in [0.2, 0.25) is 0 Å². The van der Waals surface area contributed by atoms with Gasteiger partial charge in [0.05, 0.1) is 5.75 Å². The number of nitrogens with two attached hydrogens (primary N) is 1. The summed E-state index contributed by atoms with van der Waals surface area (Å²) in [5.41, 5.74) is 2.78. The van der Waals surface area contributed by atoms with Crippen LogP contribution in [0, 0.1) is 5.92 Å². The fourth-order valence-corrected chi connectivity index (χ4v) is 2.51. The monoisotopic (exact) mass is 250 g/mol. The highest BCUT2D eigenvalue weighted by Gasteiger charge is 2.13. The quantitative estimate of drug-likeness (QED) is 0.480. The Morgan fingerprint density at radius 1 is 1.31 bits per heavy atom. The molecule has 2 atom stereocenters. The Balaban J connectivity index is 3.88. The number of nitrogens with one attached hydrogen (secondary N) is 1. The number of sulfone groups is 1. The van der Waals surface area contributed by atoms with Crippen LogP contribution >= 0.6 is 0 Å². The predicted molar refractivity (Wildman–Crippen MR) is 68.7 cm³/mol. The van der Waals surface area contributed by atoms with Gasteiger partial charge in [0.15, 0.2) is 0 Å². The first-order valence-electron chi connectivity index (χ1n) is 6.11. The molecule has 0 aliphatic carbocycles. The maximum absolute atomic E-state index is 11.3. The van der Waals surface area contributed by atoms with Crippen LogP contribution in [-0.4, -0.2) is 26.0 Å². The third kappa shape index (κ3) is 7.19. The highest BCUT2D eigenvalue weighted by Crippen LogP contribution is 2.13. The zero-order valence-electron chi connectivity index (χ0n) is 10.7. The van der Waals surface area contributed by atoms with Crippen molar-refractivity contribution in [1.29, 1.82) is 0 Å². The van der Waals surface area contributed by atoms with Crippen molar-refractivity contribution in [1.82, 2.24) is 5.43 Å². The van der Waals surface area contributed by atoms with Crippen LogP contribution in [0.25, 0.3) is 0 Å². The lowest BCUT2D eigenvalue weighted by Crippen LogP contribution is -2.36. The van der Waals surface area contributed by atoms with Gasteiger partial charge < -0.3 is 0 Å². The second-order valence-corrected chi connectivity index (χ2v) is 6.96. The summed E-state index contributed by atoms with van der Waals surface area (Å²) in [7, 11) is -2.83. The minimum Gasteiger partial charge on any atom is -0.271 e. The average molecular weight is 250 g/mol. The van der Waals surface area contributed by atoms with E-state index in [1.807, 2.05) is 0 Å². The zero-order chi connectivity index (χ0) is 12.6. The van der Waals surface area contributed by atoms with E-state index in [0.717, 1.165) is 19.3 Å². The Kier molecular flexibility index (Phi) is 7.97. The molecular formula is C11H26N2O2S. The van der Waals surface area contributed by atoms with E-state index in [4.69, 9.17) is 5.84 Å². The van der Waals surface area contributed by atoms with Crippen molar-refractivity contribution in [2.75, 3.05) is 11.5 Å². The van der Waals surface area contributed by atoms with Gasteiger partial charge in [-0.3, -0.25) is 11.3 Å². The molecule has 0 aliphatic rings. The maximum Gasteiger partial charge on any atom is 0.150 e. The highest BCUT2D eigenvalue weighted by atomic mass is 32.2. The molecule has 2 unspecified atom stereocenters. The van der Waals surface area contributed by atoms with Crippen LogP contribution in [0.15, 0.2) is 0 Å². The standard InChI is InChI=1S/C11H26N2O2S/c1-4-10(3)9-11(13-12)7-6-8-16(14,15)5-2/h10-11,13H,4-9,12H2,1-3H3. The molecule has 0 aliphatic heterocycles. The van der Waals surface area contributed by atoms with Crippen LogP contribution in [0.1, 0.15) is 46.5 Å². The normalized spacial score (nSPS) is 16.0. The molecule has 16 heavy (non-hydrogen) atoms. The highest BCUT2D eigenvalue weighted by molar-refractivity contribution is 7.91. The van der Waals surface area contributed by atoms with E-state index in [-0.39, 0.29) is 17.5 Å². The van der Waals surface area contributed by atoms with Crippen molar-refractivity contribution in [3.63, 3.8) is 0 Å². The number of rotatable bonds is 9. The lowest BCUT2D eigenvalue weighted by Gasteiger charge is -2.19. The SMILES string of the molecule is CCC(C)CC(CCCS(=O)(=O)CC)NN. The van der Waals surface area contributed by atoms with E-state index in [1.54, 1.807) is 6.92 Å². The minimum atomic E-state index is -2.83. The molecule has 5 heteroatoms. The summed E-state index contributed by atoms with van der Waals surface area (Å²) in [4.78, 5) is 0. The van der Waals surface area contributed by atoms with E-state index in [1.165, 1.54) is 0 Å². The maximum atomic E-state index is 11.3. The van der Waals surface area contributed by atoms with Gasteiger partial charge in [0.1, 0.15) is 9.84 Å². The van der Waals surface area contributed by atoms with E-state index in [0.29, 0.717) is 12.3 Å². The van der Waals surface area contributed by atoms with Crippen molar-refractivity contribution >= 4 is 9.84 Å². The number of hydrogen-bond donors (Lipinski definition) is 2. The Hall–Kier alpha value is -0.130. The fraction of sp³-hybridized carbons (Fsp3) is 1.00. The van der Waals surface area contributed by atoms with Gasteiger partial charge >= 0.3 is 0 Å². The van der Waals surface area contributed by atoms with Gasteiger partial charge in [-0.25, -0.2) is 8.42 Å². The first-order chi connectivity index (χ1) is 7.45. The van der Waals surface area contributed by atoms with Crippen LogP contribution in [-0.2, 0) is 9.84 Å². The summed E-state index contributed by atoms with van der Waals surface area (Å²) < 4.78 is 22.6. The molecule has 98 valence electrons. The molecule has 0 aromatic carbocycles. The van der Waals surface area contributed by atoms with Crippen LogP contribution in [0.2, 0.25) is 0 Å². The summed E-state index contributed by atoms with van der Waals surface area (Å²) in [6.45, 7) is 6.03. The lowest BCUT2D eigenvalue weighted by molar-refractivity contribution is 0.379. The van der Waals surface area contributed by atoms with Crippen molar-refractivity contribution < 1.29 is 8.42 Å². The van der Waals surface area contributed by atoms with Crippen LogP contribution in [0.5, 0.6) is 0 Å². The molecule has 0 rings (SSSR count). The zero-order valence-corrected chi connectivity index (χ0v) is 11.5. The van der Waals surface area contributed by atoms with E-state index < -0.39 is 9.84 Å². The molecule has 0 bridgehead atoms. The summed E-state index contributed by atoms with van der Waals surface area (Å²) in [6.07, 6.45) is 3.67. The van der Waals surface area contributed by atoms with Crippen LogP contribution in [0.4, 0.5) is 0 Å². The van der Waals surface area contributed by atoms with Crippen molar-refractivity contribution in [2.45, 2.75) is 52.5 Å². The molecular weight excluding hydrogens is 224 g/mol. The molecule has 0 aromatic rings. The van der Waals surface area contributed by atoms with Crippen LogP contribution in [0.3, 0.4) is 0 Å². The van der Waals surface area contributed by atoms with Gasteiger partial charge in [-0.1, -0.05) is 27.2 Å². The predicted octanol–water partition coefficient (Wildman–Crippen LogP) is 1.47. The molecule has 0 fully saturated rings. The topological polar surface area (TPSA) is 72.2 Å². The molecule has 0 heterocycles. The minimum absolute atomic E-state index is 0.235. The third-order valence-electron chi connectivity index (χ3n) is 3.07. The van der Waals surface area contributed by atoms with E-state index in [2.05, 4.69) is 19.3 Å². The Labute approximate surface area is 99.9 Å².